The Labute approximate surface area is 205 Å². The lowest BCUT2D eigenvalue weighted by Crippen LogP contribution is -2.41. The minimum atomic E-state index is -1.19. The molecule has 1 unspecified atom stereocenters. The first-order valence-electron chi connectivity index (χ1n) is 12.2. The van der Waals surface area contributed by atoms with E-state index in [0.29, 0.717) is 47.8 Å². The molecule has 1 aliphatic carbocycles. The number of carbonyl (C=O) groups excluding carboxylic acids is 1. The molecular weight excluding hydrogens is 427 g/mol. The highest BCUT2D eigenvalue weighted by molar-refractivity contribution is 6.05. The minimum Gasteiger partial charge on any atom is -0.399 e. The van der Waals surface area contributed by atoms with E-state index in [1.54, 1.807) is 6.20 Å². The summed E-state index contributed by atoms with van der Waals surface area (Å²) in [5, 5.41) is 6.19. The number of hydrogen-bond acceptors (Lipinski definition) is 4. The highest BCUT2D eigenvalue weighted by Crippen LogP contribution is 2.46. The van der Waals surface area contributed by atoms with Gasteiger partial charge in [-0.2, -0.15) is 0 Å². The summed E-state index contributed by atoms with van der Waals surface area (Å²) < 4.78 is 15.0. The van der Waals surface area contributed by atoms with Crippen LogP contribution in [0.5, 0.6) is 0 Å². The molecule has 1 saturated carbocycles. The Morgan fingerprint density at radius 3 is 2.47 bits per heavy atom. The fourth-order valence-electron chi connectivity index (χ4n) is 4.47. The molecule has 1 aliphatic heterocycles. The van der Waals surface area contributed by atoms with Crippen molar-refractivity contribution < 1.29 is 9.18 Å². The molecule has 0 radical (unpaired) electrons. The van der Waals surface area contributed by atoms with E-state index in [-0.39, 0.29) is 11.8 Å². The maximum atomic E-state index is 15.0. The van der Waals surface area contributed by atoms with Crippen LogP contribution < -0.4 is 22.1 Å². The summed E-state index contributed by atoms with van der Waals surface area (Å²) in [6.45, 7) is 11.8. The highest BCUT2D eigenvalue weighted by Gasteiger charge is 2.44. The molecule has 0 aromatic heterocycles. The SMILES string of the molecule is C/C=C(\N)c1ccc(C)c(NC(=O)/C(=C2\C=CC=CN2)C(C)CC2(F)CC(C)C2)c1.CC.CN. The van der Waals surface area contributed by atoms with Crippen LogP contribution in [0.3, 0.4) is 0 Å². The third kappa shape index (κ3) is 7.59. The van der Waals surface area contributed by atoms with Gasteiger partial charge in [-0.3, -0.25) is 4.79 Å². The Bertz CT molecular complexity index is 940. The Balaban J connectivity index is 0.00000137. The van der Waals surface area contributed by atoms with Gasteiger partial charge in [0.25, 0.3) is 5.91 Å². The second-order valence-electron chi connectivity index (χ2n) is 8.69. The fourth-order valence-corrected chi connectivity index (χ4v) is 4.47. The number of aryl methyl sites for hydroxylation is 1. The van der Waals surface area contributed by atoms with Crippen molar-refractivity contribution in [1.29, 1.82) is 0 Å². The van der Waals surface area contributed by atoms with Crippen LogP contribution in [-0.2, 0) is 4.79 Å². The molecule has 1 aromatic rings. The van der Waals surface area contributed by atoms with Gasteiger partial charge < -0.3 is 22.1 Å². The van der Waals surface area contributed by atoms with Crippen molar-refractivity contribution in [1.82, 2.24) is 5.32 Å². The van der Waals surface area contributed by atoms with E-state index in [1.807, 2.05) is 77.1 Å². The number of rotatable bonds is 6. The zero-order chi connectivity index (χ0) is 25.9. The molecule has 1 atom stereocenters. The van der Waals surface area contributed by atoms with Crippen molar-refractivity contribution in [2.24, 2.45) is 23.3 Å². The van der Waals surface area contributed by atoms with Gasteiger partial charge in [0.2, 0.25) is 0 Å². The number of alkyl halides is 1. The minimum absolute atomic E-state index is 0.222. The number of dihydropyridines is 1. The summed E-state index contributed by atoms with van der Waals surface area (Å²) in [5.41, 5.74) is 13.8. The lowest BCUT2D eigenvalue weighted by Gasteiger charge is -2.41. The summed E-state index contributed by atoms with van der Waals surface area (Å²) in [6.07, 6.45) is 10.7. The summed E-state index contributed by atoms with van der Waals surface area (Å²) in [6, 6.07) is 5.75. The number of carbonyl (C=O) groups is 1. The maximum Gasteiger partial charge on any atom is 0.253 e. The average molecular weight is 471 g/mol. The molecule has 1 amide bonds. The lowest BCUT2D eigenvalue weighted by molar-refractivity contribution is -0.113. The first-order chi connectivity index (χ1) is 16.2. The Hall–Kier alpha value is -2.86. The third-order valence-electron chi connectivity index (χ3n) is 5.97. The van der Waals surface area contributed by atoms with Crippen molar-refractivity contribution in [3.05, 3.63) is 71.1 Å². The largest absolute Gasteiger partial charge is 0.399 e. The number of allylic oxidation sites excluding steroid dienone is 4. The summed E-state index contributed by atoms with van der Waals surface area (Å²) in [4.78, 5) is 13.4. The predicted molar refractivity (Wildman–Crippen MR) is 144 cm³/mol. The molecule has 6 N–H and O–H groups in total. The van der Waals surface area contributed by atoms with Gasteiger partial charge in [-0.1, -0.05) is 52.0 Å². The van der Waals surface area contributed by atoms with Gasteiger partial charge in [0.1, 0.15) is 5.67 Å². The number of anilines is 1. The Morgan fingerprint density at radius 1 is 1.29 bits per heavy atom. The van der Waals surface area contributed by atoms with E-state index in [9.17, 15) is 4.79 Å². The number of nitrogens with two attached hydrogens (primary N) is 2. The van der Waals surface area contributed by atoms with Gasteiger partial charge >= 0.3 is 0 Å². The number of halogens is 1. The van der Waals surface area contributed by atoms with Crippen LogP contribution in [0.25, 0.3) is 5.70 Å². The molecule has 1 fully saturated rings. The highest BCUT2D eigenvalue weighted by atomic mass is 19.1. The second kappa shape index (κ2) is 13.8. The molecule has 2 aliphatic rings. The first-order valence-corrected chi connectivity index (χ1v) is 12.2. The van der Waals surface area contributed by atoms with Crippen molar-refractivity contribution in [3.8, 4) is 0 Å². The van der Waals surface area contributed by atoms with Crippen LogP contribution in [0, 0.1) is 18.8 Å². The van der Waals surface area contributed by atoms with Crippen LogP contribution >= 0.6 is 0 Å². The van der Waals surface area contributed by atoms with Crippen LogP contribution in [0.2, 0.25) is 0 Å². The standard InChI is InChI=1S/C25H32FN3O.C2H6.CH5N/c1-5-20(27)19-10-9-17(3)22(12-19)29-24(30)23(21-8-6-7-11-28-21)18(4)15-25(26)13-16(2)14-25;2*1-2/h5-12,16,18,28H,13-15,27H2,1-4H3,(H,29,30);1-2H3;2H2,1H3/b20-5-,23-21+;;. The Morgan fingerprint density at radius 2 is 1.94 bits per heavy atom. The molecule has 1 heterocycles. The van der Waals surface area contributed by atoms with E-state index < -0.39 is 5.67 Å². The zero-order valence-corrected chi connectivity index (χ0v) is 21.8. The normalized spacial score (nSPS) is 23.2. The molecular formula is C28H43FN4O. The molecule has 6 heteroatoms. The van der Waals surface area contributed by atoms with Gasteiger partial charge in [0.15, 0.2) is 0 Å². The van der Waals surface area contributed by atoms with Crippen LogP contribution in [0.1, 0.15) is 65.0 Å². The molecule has 5 nitrogen and oxygen atoms in total. The molecule has 0 bridgehead atoms. The smallest absolute Gasteiger partial charge is 0.253 e. The van der Waals surface area contributed by atoms with Crippen LogP contribution in [0.15, 0.2) is 60.0 Å². The average Bonchev–Trinajstić information content (AvgIpc) is 2.82. The summed E-state index contributed by atoms with van der Waals surface area (Å²) >= 11 is 0. The van der Waals surface area contributed by atoms with E-state index >= 15 is 4.39 Å². The number of benzene rings is 1. The molecule has 0 spiro atoms. The predicted octanol–water partition coefficient (Wildman–Crippen LogP) is 5.95. The van der Waals surface area contributed by atoms with Crippen molar-refractivity contribution in [2.75, 3.05) is 12.4 Å². The van der Waals surface area contributed by atoms with E-state index in [4.69, 9.17) is 5.73 Å². The van der Waals surface area contributed by atoms with Crippen molar-refractivity contribution >= 4 is 17.3 Å². The molecule has 3 rings (SSSR count). The first kappa shape index (κ1) is 29.2. The van der Waals surface area contributed by atoms with E-state index in [2.05, 4.69) is 23.3 Å². The molecule has 1 aromatic carbocycles. The van der Waals surface area contributed by atoms with E-state index in [0.717, 1.165) is 11.1 Å². The quantitative estimate of drug-likeness (QED) is 0.387. The lowest BCUT2D eigenvalue weighted by atomic mass is 9.68. The number of amides is 1. The second-order valence-corrected chi connectivity index (χ2v) is 8.69. The van der Waals surface area contributed by atoms with Gasteiger partial charge in [0, 0.05) is 28.9 Å². The van der Waals surface area contributed by atoms with Crippen molar-refractivity contribution in [2.45, 2.75) is 66.5 Å². The van der Waals surface area contributed by atoms with Crippen LogP contribution in [0.4, 0.5) is 10.1 Å². The van der Waals surface area contributed by atoms with Crippen LogP contribution in [-0.4, -0.2) is 18.6 Å². The number of hydrogen-bond donors (Lipinski definition) is 4. The maximum absolute atomic E-state index is 15.0. The monoisotopic (exact) mass is 470 g/mol. The van der Waals surface area contributed by atoms with Crippen molar-refractivity contribution in [3.63, 3.8) is 0 Å². The fraction of sp³-hybridized carbons (Fsp3) is 0.464. The summed E-state index contributed by atoms with van der Waals surface area (Å²) in [5.74, 6) is -0.0456. The topological polar surface area (TPSA) is 93.2 Å². The van der Waals surface area contributed by atoms with Gasteiger partial charge in [-0.05, 0) is 81.3 Å². The zero-order valence-electron chi connectivity index (χ0n) is 21.8. The van der Waals surface area contributed by atoms with Gasteiger partial charge in [-0.25, -0.2) is 4.39 Å². The molecule has 34 heavy (non-hydrogen) atoms. The summed E-state index contributed by atoms with van der Waals surface area (Å²) in [7, 11) is 1.50. The Kier molecular flexibility index (Phi) is 11.8. The third-order valence-corrected chi connectivity index (χ3v) is 5.97. The molecule has 0 saturated heterocycles. The van der Waals surface area contributed by atoms with Gasteiger partial charge in [-0.15, -0.1) is 0 Å². The molecule has 188 valence electrons. The number of nitrogens with one attached hydrogen (secondary N) is 2. The van der Waals surface area contributed by atoms with Gasteiger partial charge in [0.05, 0.1) is 0 Å². The van der Waals surface area contributed by atoms with E-state index in [1.165, 1.54) is 7.05 Å².